The van der Waals surface area contributed by atoms with Crippen LogP contribution in [-0.2, 0) is 17.8 Å². The lowest BCUT2D eigenvalue weighted by Crippen LogP contribution is -2.51. The van der Waals surface area contributed by atoms with E-state index in [0.717, 1.165) is 68.7 Å². The van der Waals surface area contributed by atoms with Crippen molar-refractivity contribution in [3.63, 3.8) is 0 Å². The molecule has 0 saturated carbocycles. The Morgan fingerprint density at radius 1 is 1.23 bits per heavy atom. The van der Waals surface area contributed by atoms with Crippen LogP contribution in [0.5, 0.6) is 5.75 Å². The molecule has 0 bridgehead atoms. The van der Waals surface area contributed by atoms with Gasteiger partial charge in [-0.15, -0.1) is 0 Å². The number of aromatic nitrogens is 1. The van der Waals surface area contributed by atoms with Gasteiger partial charge in [0.1, 0.15) is 11.6 Å². The van der Waals surface area contributed by atoms with E-state index in [9.17, 15) is 9.18 Å². The summed E-state index contributed by atoms with van der Waals surface area (Å²) in [4.78, 5) is 19.6. The van der Waals surface area contributed by atoms with E-state index in [0.29, 0.717) is 11.7 Å². The number of piperidine rings is 1. The van der Waals surface area contributed by atoms with Crippen LogP contribution in [0.4, 0.5) is 4.39 Å². The molecule has 1 saturated heterocycles. The molecule has 1 aromatic carbocycles. The van der Waals surface area contributed by atoms with Gasteiger partial charge in [-0.05, 0) is 74.4 Å². The summed E-state index contributed by atoms with van der Waals surface area (Å²) in [5.41, 5.74) is 2.98. The van der Waals surface area contributed by atoms with Gasteiger partial charge >= 0.3 is 0 Å². The molecule has 4 rings (SSSR count). The SMILES string of the molecule is Cc1cccc(CN2CC[C@@H]3NC(=O)COc4ccc(F)cc4CCCC[C@@H]3C2)n1. The van der Waals surface area contributed by atoms with Crippen LogP contribution < -0.4 is 10.1 Å². The minimum Gasteiger partial charge on any atom is -0.483 e. The number of fused-ring (bicyclic) bond motifs is 2. The largest absolute Gasteiger partial charge is 0.483 e. The number of rotatable bonds is 2. The van der Waals surface area contributed by atoms with Crippen molar-refractivity contribution in [2.75, 3.05) is 19.7 Å². The Hall–Kier alpha value is -2.47. The predicted octanol–water partition coefficient (Wildman–Crippen LogP) is 3.64. The molecular weight excluding hydrogens is 381 g/mol. The third-order valence-corrected chi connectivity index (χ3v) is 6.15. The van der Waals surface area contributed by atoms with Crippen molar-refractivity contribution in [2.24, 2.45) is 5.92 Å². The number of nitrogens with one attached hydrogen (secondary N) is 1. The molecule has 1 amide bonds. The van der Waals surface area contributed by atoms with Gasteiger partial charge in [-0.2, -0.15) is 0 Å². The molecule has 1 N–H and O–H groups in total. The van der Waals surface area contributed by atoms with Gasteiger partial charge in [0.15, 0.2) is 6.61 Å². The summed E-state index contributed by atoms with van der Waals surface area (Å²) in [6.45, 7) is 4.73. The Morgan fingerprint density at radius 3 is 3.00 bits per heavy atom. The van der Waals surface area contributed by atoms with Crippen LogP contribution in [0.25, 0.3) is 0 Å². The van der Waals surface area contributed by atoms with E-state index in [1.807, 2.05) is 13.0 Å². The second-order valence-electron chi connectivity index (χ2n) is 8.51. The van der Waals surface area contributed by atoms with Crippen LogP contribution in [0.3, 0.4) is 0 Å². The summed E-state index contributed by atoms with van der Waals surface area (Å²) in [6.07, 6.45) is 4.78. The number of halogens is 1. The molecule has 2 aliphatic heterocycles. The smallest absolute Gasteiger partial charge is 0.258 e. The van der Waals surface area contributed by atoms with Gasteiger partial charge in [-0.3, -0.25) is 14.7 Å². The van der Waals surface area contributed by atoms with E-state index >= 15 is 0 Å². The third kappa shape index (κ3) is 5.36. The van der Waals surface area contributed by atoms with E-state index in [1.165, 1.54) is 12.1 Å². The van der Waals surface area contributed by atoms with E-state index in [4.69, 9.17) is 4.74 Å². The Morgan fingerprint density at radius 2 is 2.13 bits per heavy atom. The summed E-state index contributed by atoms with van der Waals surface area (Å²) >= 11 is 0. The second kappa shape index (κ2) is 9.56. The first-order chi connectivity index (χ1) is 14.6. The highest BCUT2D eigenvalue weighted by Gasteiger charge is 2.30. The first-order valence-electron chi connectivity index (χ1n) is 10.9. The Labute approximate surface area is 177 Å². The Balaban J connectivity index is 1.42. The standard InChI is InChI=1S/C24H30FN3O2/c1-17-5-4-8-21(26-17)15-28-12-11-22-19(14-28)7-3-2-6-18-13-20(25)9-10-23(18)30-16-24(29)27-22/h4-5,8-10,13,19,22H,2-3,6-7,11-12,14-16H2,1H3,(H,27,29)/t19-,22+/m1/s1. The van der Waals surface area contributed by atoms with Crippen LogP contribution in [0.15, 0.2) is 36.4 Å². The maximum atomic E-state index is 13.7. The zero-order chi connectivity index (χ0) is 20.9. The Bertz CT molecular complexity index is 889. The fourth-order valence-electron chi connectivity index (χ4n) is 4.65. The van der Waals surface area contributed by atoms with E-state index in [1.54, 1.807) is 6.07 Å². The maximum Gasteiger partial charge on any atom is 0.258 e. The van der Waals surface area contributed by atoms with E-state index < -0.39 is 0 Å². The molecule has 2 aliphatic rings. The highest BCUT2D eigenvalue weighted by molar-refractivity contribution is 5.78. The minimum atomic E-state index is -0.262. The van der Waals surface area contributed by atoms with Gasteiger partial charge < -0.3 is 10.1 Å². The number of carbonyl (C=O) groups excluding carboxylic acids is 1. The van der Waals surface area contributed by atoms with Gasteiger partial charge in [0.05, 0.1) is 5.69 Å². The van der Waals surface area contributed by atoms with Crippen molar-refractivity contribution in [3.8, 4) is 5.75 Å². The van der Waals surface area contributed by atoms with Gasteiger partial charge in [0, 0.05) is 31.4 Å². The fourth-order valence-corrected chi connectivity index (χ4v) is 4.65. The molecule has 1 aromatic heterocycles. The average molecular weight is 412 g/mol. The van der Waals surface area contributed by atoms with Crippen molar-refractivity contribution in [3.05, 3.63) is 59.2 Å². The molecule has 0 unspecified atom stereocenters. The number of hydrogen-bond acceptors (Lipinski definition) is 4. The lowest BCUT2D eigenvalue weighted by atomic mass is 9.87. The van der Waals surface area contributed by atoms with Crippen LogP contribution in [0.2, 0.25) is 0 Å². The van der Waals surface area contributed by atoms with Gasteiger partial charge in [-0.1, -0.05) is 12.5 Å². The Kier molecular flexibility index (Phi) is 6.62. The summed E-state index contributed by atoms with van der Waals surface area (Å²) in [5, 5.41) is 3.19. The molecule has 5 nitrogen and oxygen atoms in total. The van der Waals surface area contributed by atoms with Crippen molar-refractivity contribution in [2.45, 2.75) is 51.6 Å². The molecule has 0 aliphatic carbocycles. The van der Waals surface area contributed by atoms with Crippen LogP contribution in [-0.4, -0.2) is 41.5 Å². The van der Waals surface area contributed by atoms with Crippen molar-refractivity contribution < 1.29 is 13.9 Å². The van der Waals surface area contributed by atoms with Crippen LogP contribution >= 0.6 is 0 Å². The number of aryl methyl sites for hydroxylation is 2. The van der Waals surface area contributed by atoms with Gasteiger partial charge in [0.2, 0.25) is 0 Å². The summed E-state index contributed by atoms with van der Waals surface area (Å²) in [7, 11) is 0. The van der Waals surface area contributed by atoms with Crippen molar-refractivity contribution in [1.82, 2.24) is 15.2 Å². The molecule has 6 heteroatoms. The molecule has 2 aromatic rings. The molecule has 30 heavy (non-hydrogen) atoms. The lowest BCUT2D eigenvalue weighted by molar-refractivity contribution is -0.124. The second-order valence-corrected chi connectivity index (χ2v) is 8.51. The van der Waals surface area contributed by atoms with Gasteiger partial charge in [0.25, 0.3) is 5.91 Å². The summed E-state index contributed by atoms with van der Waals surface area (Å²) in [6, 6.07) is 10.9. The maximum absolute atomic E-state index is 13.7. The minimum absolute atomic E-state index is 0.0290. The van der Waals surface area contributed by atoms with Crippen LogP contribution in [0.1, 0.15) is 42.6 Å². The molecule has 2 atom stereocenters. The average Bonchev–Trinajstić information content (AvgIpc) is 2.71. The quantitative estimate of drug-likeness (QED) is 0.820. The molecule has 160 valence electrons. The van der Waals surface area contributed by atoms with E-state index in [-0.39, 0.29) is 24.4 Å². The molecule has 0 radical (unpaired) electrons. The molecule has 3 heterocycles. The third-order valence-electron chi connectivity index (χ3n) is 6.15. The van der Waals surface area contributed by atoms with Crippen LogP contribution in [0, 0.1) is 18.7 Å². The number of carbonyl (C=O) groups is 1. The summed E-state index contributed by atoms with van der Waals surface area (Å²) < 4.78 is 19.4. The highest BCUT2D eigenvalue weighted by Crippen LogP contribution is 2.27. The first-order valence-corrected chi connectivity index (χ1v) is 10.9. The fraction of sp³-hybridized carbons (Fsp3) is 0.500. The number of pyridine rings is 1. The number of benzene rings is 1. The zero-order valence-corrected chi connectivity index (χ0v) is 17.6. The number of ether oxygens (including phenoxy) is 1. The normalized spacial score (nSPS) is 23.2. The monoisotopic (exact) mass is 411 g/mol. The van der Waals surface area contributed by atoms with E-state index in [2.05, 4.69) is 27.3 Å². The number of likely N-dealkylation sites (tertiary alicyclic amines) is 1. The summed E-state index contributed by atoms with van der Waals surface area (Å²) in [5.74, 6) is 0.652. The molecule has 1 fully saturated rings. The first kappa shape index (κ1) is 20.8. The zero-order valence-electron chi connectivity index (χ0n) is 17.6. The number of nitrogens with zero attached hydrogens (tertiary/aromatic N) is 2. The van der Waals surface area contributed by atoms with Crippen molar-refractivity contribution in [1.29, 1.82) is 0 Å². The highest BCUT2D eigenvalue weighted by atomic mass is 19.1. The topological polar surface area (TPSA) is 54.5 Å². The molecular formula is C24H30FN3O2. The van der Waals surface area contributed by atoms with Crippen molar-refractivity contribution >= 4 is 5.91 Å². The lowest BCUT2D eigenvalue weighted by Gasteiger charge is -2.39. The number of hydrogen-bond donors (Lipinski definition) is 1. The predicted molar refractivity (Wildman–Crippen MR) is 114 cm³/mol. The number of amides is 1. The van der Waals surface area contributed by atoms with Gasteiger partial charge in [-0.25, -0.2) is 4.39 Å². The molecule has 0 spiro atoms.